The van der Waals surface area contributed by atoms with Crippen LogP contribution in [-0.2, 0) is 0 Å². The molecule has 4 aromatic heterocycles. The Hall–Kier alpha value is -11.3. The van der Waals surface area contributed by atoms with Crippen LogP contribution in [0.15, 0.2) is 350 Å². The fourth-order valence-electron chi connectivity index (χ4n) is 15.7. The summed E-state index contributed by atoms with van der Waals surface area (Å²) in [7, 11) is -6.30. The van der Waals surface area contributed by atoms with Crippen molar-refractivity contribution in [1.82, 2.24) is 13.7 Å². The summed E-state index contributed by atoms with van der Waals surface area (Å²) < 4.78 is 14.1. The minimum atomic E-state index is -3.23. The van der Waals surface area contributed by atoms with Gasteiger partial charge in [0.2, 0.25) is 0 Å². The molecule has 0 atom stereocenters. The first kappa shape index (κ1) is 51.9. The molecule has 14 aromatic carbocycles. The molecule has 4 heterocycles. The highest BCUT2D eigenvalue weighted by molar-refractivity contribution is 7.21. The van der Waals surface area contributed by atoms with Crippen LogP contribution >= 0.6 is 0 Å². The summed E-state index contributed by atoms with van der Waals surface area (Å²) >= 11 is 0. The Labute approximate surface area is 522 Å². The maximum absolute atomic E-state index is 6.49. The van der Waals surface area contributed by atoms with Gasteiger partial charge in [-0.1, -0.05) is 267 Å². The number of rotatable bonds is 11. The number of hydrogen-bond acceptors (Lipinski definition) is 1. The molecule has 4 nitrogen and oxygen atoms in total. The van der Waals surface area contributed by atoms with E-state index in [-0.39, 0.29) is 0 Å². The van der Waals surface area contributed by atoms with Gasteiger partial charge in [-0.2, -0.15) is 0 Å². The fraction of sp³-hybridized carbons (Fsp3) is 0. The normalized spacial score (nSPS) is 12.2. The topological polar surface area (TPSA) is 27.9 Å². The van der Waals surface area contributed by atoms with Crippen LogP contribution in [0, 0.1) is 0 Å². The average molecular weight is 1180 g/mol. The number of benzene rings is 14. The molecule has 0 saturated heterocycles. The standard InChI is InChI=1S/C84H57N3OSi2/c1-5-29-60(30-6-1)89(61-31-7-2-8-32-61,66-53-54-81-72(57-66)69-41-17-22-51-80(69)88-81)64-37-23-28-59(55-64)86-75-46-20-15-42-70(75)83-77(86)48-25-49-78(83)87-76-47-21-16-43-71(76)84-79(87)50-26-52-82(84)90(62-33-9-3-10-34-62,63-35-11-4-12-36-63)65-38-24-27-58(56-65)85-73-44-18-13-39-67(73)68-40-14-19-45-74(68)85/h1-57H. The quantitative estimate of drug-likeness (QED) is 0.0937. The number of nitrogens with zero attached hydrogens (tertiary/aromatic N) is 3. The maximum Gasteiger partial charge on any atom is 0.180 e. The van der Waals surface area contributed by atoms with Gasteiger partial charge < -0.3 is 18.1 Å². The van der Waals surface area contributed by atoms with Crippen molar-refractivity contribution in [1.29, 1.82) is 0 Å². The van der Waals surface area contributed by atoms with E-state index >= 15 is 0 Å². The van der Waals surface area contributed by atoms with Crippen molar-refractivity contribution in [3.63, 3.8) is 0 Å². The van der Waals surface area contributed by atoms with E-state index in [0.29, 0.717) is 0 Å². The molecule has 422 valence electrons. The van der Waals surface area contributed by atoms with Gasteiger partial charge in [0.1, 0.15) is 11.2 Å². The summed E-state index contributed by atoms with van der Waals surface area (Å²) in [6, 6.07) is 130. The number of fused-ring (bicyclic) bond motifs is 12. The van der Waals surface area contributed by atoms with Gasteiger partial charge in [-0.05, 0) is 120 Å². The summed E-state index contributed by atoms with van der Waals surface area (Å²) in [5, 5.41) is 20.2. The van der Waals surface area contributed by atoms with Crippen molar-refractivity contribution in [3.8, 4) is 17.1 Å². The summed E-state index contributed by atoms with van der Waals surface area (Å²) in [6.07, 6.45) is 0. The monoisotopic (exact) mass is 1180 g/mol. The summed E-state index contributed by atoms with van der Waals surface area (Å²) in [5.41, 5.74) is 12.2. The van der Waals surface area contributed by atoms with E-state index < -0.39 is 16.1 Å². The van der Waals surface area contributed by atoms with E-state index in [0.717, 1.165) is 50.0 Å². The van der Waals surface area contributed by atoms with Crippen LogP contribution in [0.25, 0.3) is 104 Å². The van der Waals surface area contributed by atoms with Crippen LogP contribution < -0.4 is 41.5 Å². The highest BCUT2D eigenvalue weighted by Crippen LogP contribution is 2.41. The van der Waals surface area contributed by atoms with E-state index in [1.807, 2.05) is 0 Å². The van der Waals surface area contributed by atoms with Crippen LogP contribution in [0.2, 0.25) is 0 Å². The van der Waals surface area contributed by atoms with Gasteiger partial charge in [-0.25, -0.2) is 0 Å². The Morgan fingerprint density at radius 2 is 0.578 bits per heavy atom. The van der Waals surface area contributed by atoms with Gasteiger partial charge in [0.15, 0.2) is 16.1 Å². The van der Waals surface area contributed by atoms with Gasteiger partial charge in [-0.15, -0.1) is 0 Å². The molecule has 0 fully saturated rings. The lowest BCUT2D eigenvalue weighted by molar-refractivity contribution is 0.669. The van der Waals surface area contributed by atoms with Crippen molar-refractivity contribution in [2.45, 2.75) is 0 Å². The van der Waals surface area contributed by atoms with E-state index in [1.54, 1.807) is 0 Å². The maximum atomic E-state index is 6.49. The second-order valence-electron chi connectivity index (χ2n) is 23.8. The second kappa shape index (κ2) is 20.7. The van der Waals surface area contributed by atoms with E-state index in [2.05, 4.69) is 359 Å². The van der Waals surface area contributed by atoms with Crippen LogP contribution in [0.3, 0.4) is 0 Å². The molecule has 0 aliphatic carbocycles. The summed E-state index contributed by atoms with van der Waals surface area (Å²) in [4.78, 5) is 0. The lowest BCUT2D eigenvalue weighted by atomic mass is 10.1. The summed E-state index contributed by atoms with van der Waals surface area (Å²) in [5.74, 6) is 0. The Morgan fingerprint density at radius 3 is 1.14 bits per heavy atom. The van der Waals surface area contributed by atoms with Crippen LogP contribution in [0.1, 0.15) is 0 Å². The molecule has 0 aliphatic heterocycles. The molecule has 90 heavy (non-hydrogen) atoms. The van der Waals surface area contributed by atoms with Gasteiger partial charge in [-0.3, -0.25) is 0 Å². The van der Waals surface area contributed by atoms with Gasteiger partial charge >= 0.3 is 0 Å². The van der Waals surface area contributed by atoms with Crippen molar-refractivity contribution in [2.75, 3.05) is 0 Å². The van der Waals surface area contributed by atoms with Crippen molar-refractivity contribution >= 4 is 145 Å². The van der Waals surface area contributed by atoms with Gasteiger partial charge in [0.05, 0.1) is 38.8 Å². The van der Waals surface area contributed by atoms with Gasteiger partial charge in [0, 0.05) is 54.5 Å². The van der Waals surface area contributed by atoms with E-state index in [4.69, 9.17) is 4.42 Å². The zero-order valence-electron chi connectivity index (χ0n) is 49.2. The smallest absolute Gasteiger partial charge is 0.180 e. The molecule has 0 saturated carbocycles. The molecule has 0 amide bonds. The molecule has 0 spiro atoms. The molecule has 0 radical (unpaired) electrons. The SMILES string of the molecule is c1ccc([Si](c2ccccc2)(c2cccc(-n3c4ccccc4c4c(-n5c6ccccc6c6c([Si](c7ccccc7)(c7ccccc7)c7cccc(-n8c9ccccc9c9ccccc98)c7)cccc65)cccc43)c2)c2ccc3oc4ccccc4c3c2)cc1. The lowest BCUT2D eigenvalue weighted by Gasteiger charge is -2.35. The predicted molar refractivity (Wildman–Crippen MR) is 384 cm³/mol. The third-order valence-corrected chi connectivity index (χ3v) is 28.9. The van der Waals surface area contributed by atoms with Crippen molar-refractivity contribution < 1.29 is 4.42 Å². The number of para-hydroxylation sites is 5. The third-order valence-electron chi connectivity index (χ3n) is 19.3. The third kappa shape index (κ3) is 7.59. The van der Waals surface area contributed by atoms with E-state index in [1.165, 1.54) is 95.9 Å². The van der Waals surface area contributed by atoms with Crippen molar-refractivity contribution in [2.24, 2.45) is 0 Å². The molecular formula is C84H57N3OSi2. The Kier molecular flexibility index (Phi) is 11.9. The average Bonchev–Trinajstić information content (AvgIpc) is 1.40. The fourth-order valence-corrected chi connectivity index (χ4v) is 25.5. The zero-order chi connectivity index (χ0) is 59.3. The first-order valence-electron chi connectivity index (χ1n) is 31.1. The largest absolute Gasteiger partial charge is 0.456 e. The molecule has 18 aromatic rings. The lowest BCUT2D eigenvalue weighted by Crippen LogP contribution is -2.74. The molecule has 0 bridgehead atoms. The Morgan fingerprint density at radius 1 is 0.211 bits per heavy atom. The van der Waals surface area contributed by atoms with E-state index in [9.17, 15) is 0 Å². The molecular weight excluding hydrogens is 1120 g/mol. The number of furan rings is 1. The molecule has 6 heteroatoms. The molecule has 0 unspecified atom stereocenters. The zero-order valence-corrected chi connectivity index (χ0v) is 51.2. The number of aromatic nitrogens is 3. The highest BCUT2D eigenvalue weighted by Gasteiger charge is 2.45. The van der Waals surface area contributed by atoms with Crippen LogP contribution in [0.4, 0.5) is 0 Å². The minimum absolute atomic E-state index is 0.897. The summed E-state index contributed by atoms with van der Waals surface area (Å²) in [6.45, 7) is 0. The number of hydrogen-bond donors (Lipinski definition) is 0. The molecule has 0 aliphatic rings. The second-order valence-corrected chi connectivity index (χ2v) is 31.4. The van der Waals surface area contributed by atoms with Crippen molar-refractivity contribution in [3.05, 3.63) is 346 Å². The van der Waals surface area contributed by atoms with Crippen LogP contribution in [0.5, 0.6) is 0 Å². The first-order valence-corrected chi connectivity index (χ1v) is 35.1. The predicted octanol–water partition coefficient (Wildman–Crippen LogP) is 15.6. The Bertz CT molecular complexity index is 5670. The molecule has 0 N–H and O–H groups in total. The van der Waals surface area contributed by atoms with Gasteiger partial charge in [0.25, 0.3) is 0 Å². The van der Waals surface area contributed by atoms with Crippen LogP contribution in [-0.4, -0.2) is 29.8 Å². The molecule has 18 rings (SSSR count). The first-order chi connectivity index (χ1) is 44.7. The highest BCUT2D eigenvalue weighted by atomic mass is 28.3. The minimum Gasteiger partial charge on any atom is -0.456 e. The Balaban J connectivity index is 0.883.